The van der Waals surface area contributed by atoms with Gasteiger partial charge in [-0.1, -0.05) is 20.8 Å². The van der Waals surface area contributed by atoms with Gasteiger partial charge in [-0.2, -0.15) is 13.2 Å². The van der Waals surface area contributed by atoms with Gasteiger partial charge >= 0.3 is 6.18 Å². The molecule has 0 aromatic heterocycles. The summed E-state index contributed by atoms with van der Waals surface area (Å²) in [5.74, 6) is -1.61. The molecule has 1 aliphatic carbocycles. The highest BCUT2D eigenvalue weighted by Crippen LogP contribution is 2.47. The van der Waals surface area contributed by atoms with Gasteiger partial charge in [-0.05, 0) is 11.8 Å². The van der Waals surface area contributed by atoms with Gasteiger partial charge in [-0.25, -0.2) is 0 Å². The Labute approximate surface area is 75.3 Å². The lowest BCUT2D eigenvalue weighted by atomic mass is 9.90. The van der Waals surface area contributed by atoms with Crippen LogP contribution in [0.2, 0.25) is 0 Å². The quantitative estimate of drug-likeness (QED) is 0.627. The minimum Gasteiger partial charge on any atom is -0.512 e. The van der Waals surface area contributed by atoms with Crippen molar-refractivity contribution in [3.05, 3.63) is 11.3 Å². The van der Waals surface area contributed by atoms with E-state index in [9.17, 15) is 18.3 Å². The van der Waals surface area contributed by atoms with E-state index in [2.05, 4.69) is 0 Å². The Kier molecular flexibility index (Phi) is 2.34. The summed E-state index contributed by atoms with van der Waals surface area (Å²) < 4.78 is 37.2. The molecule has 0 saturated heterocycles. The lowest BCUT2D eigenvalue weighted by Gasteiger charge is -2.17. The van der Waals surface area contributed by atoms with Crippen molar-refractivity contribution < 1.29 is 18.3 Å². The van der Waals surface area contributed by atoms with Crippen molar-refractivity contribution in [3.8, 4) is 0 Å². The van der Waals surface area contributed by atoms with Crippen LogP contribution in [0.3, 0.4) is 0 Å². The van der Waals surface area contributed by atoms with Crippen LogP contribution in [0, 0.1) is 17.8 Å². The SMILES string of the molecule is CC1C(O)=C(C(F)(F)F)C(C)[C@H]1C. The van der Waals surface area contributed by atoms with E-state index in [1.54, 1.807) is 13.8 Å². The zero-order chi connectivity index (χ0) is 10.4. The van der Waals surface area contributed by atoms with E-state index in [0.29, 0.717) is 0 Å². The molecule has 1 rings (SSSR count). The van der Waals surface area contributed by atoms with Gasteiger partial charge < -0.3 is 5.11 Å². The number of halogens is 3. The van der Waals surface area contributed by atoms with Gasteiger partial charge in [-0.15, -0.1) is 0 Å². The molecule has 1 nitrogen and oxygen atoms in total. The Morgan fingerprint density at radius 1 is 1.08 bits per heavy atom. The highest BCUT2D eigenvalue weighted by Gasteiger charge is 2.48. The molecule has 0 fully saturated rings. The van der Waals surface area contributed by atoms with Crippen LogP contribution in [-0.2, 0) is 0 Å². The summed E-state index contributed by atoms with van der Waals surface area (Å²) in [5, 5.41) is 9.29. The monoisotopic (exact) mass is 194 g/mol. The molecular formula is C9H13F3O. The first-order chi connectivity index (χ1) is 5.76. The molecule has 0 amide bonds. The minimum absolute atomic E-state index is 0.142. The van der Waals surface area contributed by atoms with Gasteiger partial charge in [0.1, 0.15) is 5.76 Å². The number of hydrogen-bond donors (Lipinski definition) is 1. The average Bonchev–Trinajstić information content (AvgIpc) is 2.14. The number of allylic oxidation sites excluding steroid dienone is 2. The molecule has 13 heavy (non-hydrogen) atoms. The van der Waals surface area contributed by atoms with Gasteiger partial charge in [0.2, 0.25) is 0 Å². The summed E-state index contributed by atoms with van der Waals surface area (Å²) >= 11 is 0. The van der Waals surface area contributed by atoms with E-state index in [1.165, 1.54) is 6.92 Å². The molecule has 0 radical (unpaired) electrons. The zero-order valence-electron chi connectivity index (χ0n) is 7.81. The third-order valence-electron chi connectivity index (χ3n) is 3.05. The number of aliphatic hydroxyl groups excluding tert-OH is 1. The van der Waals surface area contributed by atoms with E-state index in [-0.39, 0.29) is 11.8 Å². The second-order valence-electron chi connectivity index (χ2n) is 3.73. The van der Waals surface area contributed by atoms with Gasteiger partial charge in [0.15, 0.2) is 0 Å². The van der Waals surface area contributed by atoms with Crippen molar-refractivity contribution in [2.75, 3.05) is 0 Å². The maximum Gasteiger partial charge on any atom is 0.416 e. The summed E-state index contributed by atoms with van der Waals surface area (Å²) in [5.41, 5.74) is -0.743. The maximum atomic E-state index is 12.4. The van der Waals surface area contributed by atoms with Crippen LogP contribution in [0.4, 0.5) is 13.2 Å². The molecule has 0 spiro atoms. The predicted molar refractivity (Wildman–Crippen MR) is 43.2 cm³/mol. The molecule has 0 bridgehead atoms. The van der Waals surface area contributed by atoms with Gasteiger partial charge in [0.05, 0.1) is 5.57 Å². The fourth-order valence-corrected chi connectivity index (χ4v) is 1.83. The van der Waals surface area contributed by atoms with E-state index >= 15 is 0 Å². The Morgan fingerprint density at radius 3 is 1.69 bits per heavy atom. The molecule has 0 aromatic rings. The maximum absolute atomic E-state index is 12.4. The van der Waals surface area contributed by atoms with E-state index in [1.807, 2.05) is 0 Å². The largest absolute Gasteiger partial charge is 0.512 e. The van der Waals surface area contributed by atoms with Crippen LogP contribution in [0.1, 0.15) is 20.8 Å². The first-order valence-electron chi connectivity index (χ1n) is 4.27. The molecule has 1 aliphatic rings. The summed E-state index contributed by atoms with van der Waals surface area (Å²) in [4.78, 5) is 0. The summed E-state index contributed by atoms with van der Waals surface area (Å²) in [6, 6.07) is 0. The molecule has 4 heteroatoms. The third-order valence-corrected chi connectivity index (χ3v) is 3.05. The summed E-state index contributed by atoms with van der Waals surface area (Å²) in [7, 11) is 0. The molecule has 0 aliphatic heterocycles. The van der Waals surface area contributed by atoms with E-state index in [4.69, 9.17) is 0 Å². The van der Waals surface area contributed by atoms with Crippen LogP contribution in [0.5, 0.6) is 0 Å². The van der Waals surface area contributed by atoms with Crippen molar-refractivity contribution >= 4 is 0 Å². The predicted octanol–water partition coefficient (Wildman–Crippen LogP) is 3.28. The second-order valence-corrected chi connectivity index (χ2v) is 3.73. The van der Waals surface area contributed by atoms with Crippen LogP contribution in [-0.4, -0.2) is 11.3 Å². The molecule has 3 atom stereocenters. The van der Waals surface area contributed by atoms with E-state index in [0.717, 1.165) is 0 Å². The number of rotatable bonds is 0. The van der Waals surface area contributed by atoms with Crippen molar-refractivity contribution in [1.82, 2.24) is 0 Å². The van der Waals surface area contributed by atoms with Crippen molar-refractivity contribution in [2.45, 2.75) is 26.9 Å². The topological polar surface area (TPSA) is 20.2 Å². The summed E-state index contributed by atoms with van der Waals surface area (Å²) in [6.07, 6.45) is -4.39. The smallest absolute Gasteiger partial charge is 0.416 e. The Balaban J connectivity index is 3.08. The average molecular weight is 194 g/mol. The van der Waals surface area contributed by atoms with Gasteiger partial charge in [0.25, 0.3) is 0 Å². The molecule has 76 valence electrons. The normalized spacial score (nSPS) is 35.7. The highest BCUT2D eigenvalue weighted by atomic mass is 19.4. The first-order valence-corrected chi connectivity index (χ1v) is 4.27. The highest BCUT2D eigenvalue weighted by molar-refractivity contribution is 5.25. The number of alkyl halides is 3. The molecule has 1 N–H and O–H groups in total. The standard InChI is InChI=1S/C9H13F3O/c1-4-5(2)7(9(10,11)12)8(13)6(4)3/h4-6,13H,1-3H3/t4-,5?,6?/m1/s1. The Bertz CT molecular complexity index is 242. The molecule has 0 saturated carbocycles. The lowest BCUT2D eigenvalue weighted by molar-refractivity contribution is -0.100. The Morgan fingerprint density at radius 2 is 1.54 bits per heavy atom. The minimum atomic E-state index is -4.39. The van der Waals surface area contributed by atoms with Crippen LogP contribution >= 0.6 is 0 Å². The van der Waals surface area contributed by atoms with Gasteiger partial charge in [-0.3, -0.25) is 0 Å². The first kappa shape index (κ1) is 10.4. The van der Waals surface area contributed by atoms with Gasteiger partial charge in [0, 0.05) is 5.92 Å². The van der Waals surface area contributed by atoms with Crippen molar-refractivity contribution in [1.29, 1.82) is 0 Å². The Hall–Kier alpha value is -0.670. The van der Waals surface area contributed by atoms with E-state index < -0.39 is 23.4 Å². The van der Waals surface area contributed by atoms with Crippen LogP contribution in [0.25, 0.3) is 0 Å². The summed E-state index contributed by atoms with van der Waals surface area (Å²) in [6.45, 7) is 4.85. The van der Waals surface area contributed by atoms with Crippen molar-refractivity contribution in [2.24, 2.45) is 17.8 Å². The number of aliphatic hydroxyl groups is 1. The number of hydrogen-bond acceptors (Lipinski definition) is 1. The van der Waals surface area contributed by atoms with Crippen LogP contribution in [0.15, 0.2) is 11.3 Å². The molecule has 0 aromatic carbocycles. The molecule has 0 heterocycles. The molecular weight excluding hydrogens is 181 g/mol. The van der Waals surface area contributed by atoms with Crippen LogP contribution < -0.4 is 0 Å². The third kappa shape index (κ3) is 1.54. The van der Waals surface area contributed by atoms with Crippen molar-refractivity contribution in [3.63, 3.8) is 0 Å². The zero-order valence-corrected chi connectivity index (χ0v) is 7.81. The fraction of sp³-hybridized carbons (Fsp3) is 0.778. The molecule has 2 unspecified atom stereocenters. The lowest BCUT2D eigenvalue weighted by Crippen LogP contribution is -2.19. The fourth-order valence-electron chi connectivity index (χ4n) is 1.83. The second kappa shape index (κ2) is 2.93.